The molecule has 0 unspecified atom stereocenters. The number of likely N-dealkylation sites (tertiary alicyclic amines) is 2. The lowest BCUT2D eigenvalue weighted by Crippen LogP contribution is -2.47. The Morgan fingerprint density at radius 2 is 2.04 bits per heavy atom. The minimum Gasteiger partial charge on any atom is -0.346 e. The summed E-state index contributed by atoms with van der Waals surface area (Å²) < 4.78 is 2.24. The van der Waals surface area contributed by atoms with Crippen molar-refractivity contribution in [2.75, 3.05) is 26.2 Å². The van der Waals surface area contributed by atoms with Gasteiger partial charge < -0.3 is 19.4 Å². The van der Waals surface area contributed by atoms with Gasteiger partial charge >= 0.3 is 0 Å². The molecule has 5 heterocycles. The molecule has 8 heteroatoms. The predicted octanol–water partition coefficient (Wildman–Crippen LogP) is 2.09. The number of H-pyrrole nitrogens is 1. The number of imidazole rings is 1. The molecule has 0 spiro atoms. The van der Waals surface area contributed by atoms with Crippen molar-refractivity contribution in [3.05, 3.63) is 24.8 Å². The fourth-order valence-electron chi connectivity index (χ4n) is 4.49. The van der Waals surface area contributed by atoms with Gasteiger partial charge in [0.1, 0.15) is 11.2 Å². The monoisotopic (exact) mass is 380 g/mol. The topological polar surface area (TPSA) is 87.1 Å². The van der Waals surface area contributed by atoms with E-state index in [0.29, 0.717) is 32.1 Å². The van der Waals surface area contributed by atoms with Crippen LogP contribution < -0.4 is 0 Å². The summed E-state index contributed by atoms with van der Waals surface area (Å²) in [6.45, 7) is 2.37. The second kappa shape index (κ2) is 6.92. The molecule has 3 aromatic rings. The molecule has 0 aromatic carbocycles. The summed E-state index contributed by atoms with van der Waals surface area (Å²) in [5.74, 6) is 0.185. The van der Waals surface area contributed by atoms with E-state index in [0.717, 1.165) is 47.8 Å². The van der Waals surface area contributed by atoms with Gasteiger partial charge in [0.15, 0.2) is 0 Å². The number of fused-ring (bicyclic) bond motifs is 3. The number of nitrogens with one attached hydrogen (secondary N) is 1. The standard InChI is InChI=1S/C20H24N6O2/c27-17-3-1-2-8-25(17)12-18(28)24-9-5-14(6-10-24)26-13-23-16-11-22-20-15(19(16)26)4-7-21-20/h4,7,11,13-14H,1-3,5-6,8-10,12H2,(H,21,22). The molecule has 28 heavy (non-hydrogen) atoms. The quantitative estimate of drug-likeness (QED) is 0.754. The van der Waals surface area contributed by atoms with Crippen LogP contribution in [-0.2, 0) is 9.59 Å². The van der Waals surface area contributed by atoms with E-state index >= 15 is 0 Å². The zero-order valence-electron chi connectivity index (χ0n) is 15.8. The number of hydrogen-bond acceptors (Lipinski definition) is 4. The number of rotatable bonds is 3. The van der Waals surface area contributed by atoms with Crippen LogP contribution in [0.2, 0.25) is 0 Å². The Bertz CT molecular complexity index is 1030. The van der Waals surface area contributed by atoms with Crippen LogP contribution in [-0.4, -0.2) is 67.3 Å². The van der Waals surface area contributed by atoms with Crippen molar-refractivity contribution >= 4 is 33.9 Å². The molecule has 0 saturated carbocycles. The molecule has 0 radical (unpaired) electrons. The number of carbonyl (C=O) groups is 2. The Hall–Kier alpha value is -2.90. The number of aromatic nitrogens is 4. The van der Waals surface area contributed by atoms with E-state index in [4.69, 9.17) is 0 Å². The molecule has 5 rings (SSSR count). The normalized spacial score (nSPS) is 19.1. The van der Waals surface area contributed by atoms with Gasteiger partial charge in [-0.25, -0.2) is 9.97 Å². The van der Waals surface area contributed by atoms with E-state index in [2.05, 4.69) is 19.5 Å². The number of amides is 2. The molecule has 0 aliphatic carbocycles. The van der Waals surface area contributed by atoms with Crippen LogP contribution in [0.1, 0.15) is 38.1 Å². The van der Waals surface area contributed by atoms with Crippen molar-refractivity contribution < 1.29 is 9.59 Å². The van der Waals surface area contributed by atoms with Gasteiger partial charge in [0.25, 0.3) is 0 Å². The van der Waals surface area contributed by atoms with Crippen LogP contribution in [0.3, 0.4) is 0 Å². The third kappa shape index (κ3) is 2.93. The zero-order valence-corrected chi connectivity index (χ0v) is 15.8. The first-order valence-corrected chi connectivity index (χ1v) is 10.0. The molecule has 3 aromatic heterocycles. The lowest BCUT2D eigenvalue weighted by molar-refractivity contribution is -0.142. The number of carbonyl (C=O) groups excluding carboxylic acids is 2. The SMILES string of the molecule is O=C(CN1CCCCC1=O)N1CCC(n2cnc3cnc4[nH]ccc4c32)CC1. The summed E-state index contributed by atoms with van der Waals surface area (Å²) in [7, 11) is 0. The second-order valence-corrected chi connectivity index (χ2v) is 7.77. The summed E-state index contributed by atoms with van der Waals surface area (Å²) in [5.41, 5.74) is 2.87. The molecular formula is C20H24N6O2. The smallest absolute Gasteiger partial charge is 0.242 e. The van der Waals surface area contributed by atoms with Gasteiger partial charge in [-0.2, -0.15) is 0 Å². The van der Waals surface area contributed by atoms with Crippen LogP contribution >= 0.6 is 0 Å². The Balaban J connectivity index is 1.28. The fraction of sp³-hybridized carbons (Fsp3) is 0.500. The van der Waals surface area contributed by atoms with Gasteiger partial charge in [0.05, 0.1) is 24.6 Å². The Labute approximate surface area is 162 Å². The van der Waals surface area contributed by atoms with Gasteiger partial charge in [-0.1, -0.05) is 0 Å². The summed E-state index contributed by atoms with van der Waals surface area (Å²) in [5, 5.41) is 1.08. The highest BCUT2D eigenvalue weighted by Crippen LogP contribution is 2.30. The summed E-state index contributed by atoms with van der Waals surface area (Å²) >= 11 is 0. The highest BCUT2D eigenvalue weighted by atomic mass is 16.2. The third-order valence-corrected chi connectivity index (χ3v) is 6.08. The van der Waals surface area contributed by atoms with E-state index in [1.54, 1.807) is 11.1 Å². The van der Waals surface area contributed by atoms with Crippen molar-refractivity contribution in [2.45, 2.75) is 38.1 Å². The van der Waals surface area contributed by atoms with E-state index in [-0.39, 0.29) is 18.4 Å². The number of hydrogen-bond donors (Lipinski definition) is 1. The van der Waals surface area contributed by atoms with Crippen LogP contribution in [0.15, 0.2) is 24.8 Å². The number of nitrogens with zero attached hydrogens (tertiary/aromatic N) is 5. The van der Waals surface area contributed by atoms with Crippen LogP contribution in [0.4, 0.5) is 0 Å². The maximum Gasteiger partial charge on any atom is 0.242 e. The van der Waals surface area contributed by atoms with E-state index in [1.165, 1.54) is 0 Å². The summed E-state index contributed by atoms with van der Waals surface area (Å²) in [4.78, 5) is 40.3. The van der Waals surface area contributed by atoms with Gasteiger partial charge in [-0.05, 0) is 31.7 Å². The van der Waals surface area contributed by atoms with Crippen LogP contribution in [0, 0.1) is 0 Å². The molecule has 2 saturated heterocycles. The molecule has 0 bridgehead atoms. The van der Waals surface area contributed by atoms with E-state index < -0.39 is 0 Å². The molecule has 1 N–H and O–H groups in total. The lowest BCUT2D eigenvalue weighted by atomic mass is 10.0. The number of aromatic amines is 1. The van der Waals surface area contributed by atoms with Crippen molar-refractivity contribution in [3.8, 4) is 0 Å². The first kappa shape index (κ1) is 17.2. The summed E-state index contributed by atoms with van der Waals surface area (Å²) in [6, 6.07) is 2.35. The maximum atomic E-state index is 12.7. The molecular weight excluding hydrogens is 356 g/mol. The highest BCUT2D eigenvalue weighted by Gasteiger charge is 2.28. The molecule has 2 aliphatic rings. The van der Waals surface area contributed by atoms with Crippen LogP contribution in [0.5, 0.6) is 0 Å². The molecule has 2 amide bonds. The lowest BCUT2D eigenvalue weighted by Gasteiger charge is -2.35. The van der Waals surface area contributed by atoms with E-state index in [9.17, 15) is 9.59 Å². The largest absolute Gasteiger partial charge is 0.346 e. The Morgan fingerprint density at radius 1 is 1.18 bits per heavy atom. The third-order valence-electron chi connectivity index (χ3n) is 6.08. The minimum absolute atomic E-state index is 0.0708. The first-order valence-electron chi connectivity index (χ1n) is 10.0. The fourth-order valence-corrected chi connectivity index (χ4v) is 4.49. The van der Waals surface area contributed by atoms with Crippen molar-refractivity contribution in [3.63, 3.8) is 0 Å². The highest BCUT2D eigenvalue weighted by molar-refractivity contribution is 6.01. The molecule has 2 fully saturated rings. The summed E-state index contributed by atoms with van der Waals surface area (Å²) in [6.07, 6.45) is 9.89. The van der Waals surface area contributed by atoms with Crippen LogP contribution in [0.25, 0.3) is 22.1 Å². The number of pyridine rings is 1. The number of piperidine rings is 2. The van der Waals surface area contributed by atoms with Gasteiger partial charge in [-0.15, -0.1) is 0 Å². The zero-order chi connectivity index (χ0) is 19.1. The Kier molecular flexibility index (Phi) is 4.26. The predicted molar refractivity (Wildman–Crippen MR) is 105 cm³/mol. The maximum absolute atomic E-state index is 12.7. The molecule has 2 aliphatic heterocycles. The average molecular weight is 380 g/mol. The first-order chi connectivity index (χ1) is 13.7. The second-order valence-electron chi connectivity index (χ2n) is 7.77. The van der Waals surface area contributed by atoms with Crippen molar-refractivity contribution in [1.82, 2.24) is 29.3 Å². The van der Waals surface area contributed by atoms with Gasteiger partial charge in [0, 0.05) is 43.7 Å². The minimum atomic E-state index is 0.0708. The molecule has 8 nitrogen and oxygen atoms in total. The Morgan fingerprint density at radius 3 is 2.86 bits per heavy atom. The average Bonchev–Trinajstić information content (AvgIpc) is 3.36. The molecule has 146 valence electrons. The van der Waals surface area contributed by atoms with Gasteiger partial charge in [-0.3, -0.25) is 9.59 Å². The van der Waals surface area contributed by atoms with Gasteiger partial charge in [0.2, 0.25) is 11.8 Å². The van der Waals surface area contributed by atoms with E-state index in [1.807, 2.05) is 23.5 Å². The molecule has 0 atom stereocenters. The van der Waals surface area contributed by atoms with Crippen molar-refractivity contribution in [1.29, 1.82) is 0 Å². The van der Waals surface area contributed by atoms with Crippen molar-refractivity contribution in [2.24, 2.45) is 0 Å².